The first kappa shape index (κ1) is 12.6. The molecule has 0 aromatic heterocycles. The molecule has 0 heterocycles. The molecule has 0 aromatic rings. The van der Waals surface area contributed by atoms with Crippen LogP contribution in [0.15, 0.2) is 0 Å². The molecule has 0 radical (unpaired) electrons. The van der Waals surface area contributed by atoms with E-state index in [1.54, 1.807) is 27.7 Å². The molecule has 4 nitrogen and oxygen atoms in total. The van der Waals surface area contributed by atoms with Gasteiger partial charge in [0.2, 0.25) is 0 Å². The van der Waals surface area contributed by atoms with Gasteiger partial charge in [-0.05, 0) is 27.7 Å². The Morgan fingerprint density at radius 2 is 1.42 bits per heavy atom. The van der Waals surface area contributed by atoms with Crippen molar-refractivity contribution in [2.24, 2.45) is 0 Å². The van der Waals surface area contributed by atoms with Crippen LogP contribution in [-0.2, 0) is 17.2 Å². The summed E-state index contributed by atoms with van der Waals surface area (Å²) in [5, 5.41) is 0. The van der Waals surface area contributed by atoms with Crippen LogP contribution < -0.4 is 0 Å². The zero-order valence-corrected chi connectivity index (χ0v) is 10.1. The lowest BCUT2D eigenvalue weighted by Crippen LogP contribution is -2.07. The molecule has 0 saturated heterocycles. The number of phosphoric ester groups is 1. The molecule has 0 aliphatic carbocycles. The Bertz CT molecular complexity index is 157. The highest BCUT2D eigenvalue weighted by Gasteiger charge is 2.28. The molecule has 0 atom stereocenters. The average Bonchev–Trinajstić information content (AvgIpc) is 1.83. The van der Waals surface area contributed by atoms with Crippen LogP contribution in [0.3, 0.4) is 0 Å². The monoisotopic (exact) mass is 260 g/mol. The SMILES string of the molecule is CC(C)OP(=O)(OBr)OC(C)C. The first-order valence-electron chi connectivity index (χ1n) is 3.67. The normalized spacial score (nSPS) is 12.9. The maximum absolute atomic E-state index is 11.5. The van der Waals surface area contributed by atoms with E-state index in [9.17, 15) is 4.57 Å². The van der Waals surface area contributed by atoms with Crippen molar-refractivity contribution in [1.82, 2.24) is 0 Å². The highest BCUT2D eigenvalue weighted by molar-refractivity contribution is 9.06. The molecule has 0 amide bonds. The second-order valence-electron chi connectivity index (χ2n) is 2.82. The summed E-state index contributed by atoms with van der Waals surface area (Å²) < 4.78 is 25.9. The average molecular weight is 261 g/mol. The Balaban J connectivity index is 4.15. The molecule has 0 saturated carbocycles. The van der Waals surface area contributed by atoms with E-state index >= 15 is 0 Å². The second-order valence-corrected chi connectivity index (χ2v) is 5.15. The summed E-state index contributed by atoms with van der Waals surface area (Å²) in [6.07, 6.45) is -0.403. The lowest BCUT2D eigenvalue weighted by Gasteiger charge is -2.18. The molecule has 12 heavy (non-hydrogen) atoms. The first-order valence-corrected chi connectivity index (χ1v) is 5.77. The van der Waals surface area contributed by atoms with Gasteiger partial charge in [-0.3, -0.25) is 9.05 Å². The van der Waals surface area contributed by atoms with E-state index in [0.29, 0.717) is 0 Å². The van der Waals surface area contributed by atoms with Crippen molar-refractivity contribution in [3.05, 3.63) is 0 Å². The minimum absolute atomic E-state index is 0.202. The predicted octanol–water partition coefficient (Wildman–Crippen LogP) is 3.27. The molecule has 0 unspecified atom stereocenters. The van der Waals surface area contributed by atoms with E-state index < -0.39 is 7.82 Å². The number of halogens is 1. The Labute approximate surface area is 81.6 Å². The van der Waals surface area contributed by atoms with E-state index in [-0.39, 0.29) is 12.2 Å². The standard InChI is InChI=1S/C6H14BrO4P/c1-5(2)9-12(8,11-7)10-6(3)4/h5-6H,1-4H3. The van der Waals surface area contributed by atoms with Gasteiger partial charge in [0.1, 0.15) is 16.3 Å². The van der Waals surface area contributed by atoms with Crippen LogP contribution >= 0.6 is 24.1 Å². The van der Waals surface area contributed by atoms with E-state index in [4.69, 9.17) is 9.05 Å². The summed E-state index contributed by atoms with van der Waals surface area (Å²) >= 11 is 2.62. The summed E-state index contributed by atoms with van der Waals surface area (Å²) in [5.41, 5.74) is 0. The minimum atomic E-state index is -3.40. The van der Waals surface area contributed by atoms with Crippen molar-refractivity contribution in [3.63, 3.8) is 0 Å². The Kier molecular flexibility index (Phi) is 5.61. The van der Waals surface area contributed by atoms with Crippen molar-refractivity contribution < 1.29 is 17.2 Å². The Hall–Kier alpha value is 0.590. The summed E-state index contributed by atoms with van der Waals surface area (Å²) in [4.78, 5) is 0. The summed E-state index contributed by atoms with van der Waals surface area (Å²) in [6.45, 7) is 7.01. The van der Waals surface area contributed by atoms with E-state index in [1.807, 2.05) is 0 Å². The molecular weight excluding hydrogens is 247 g/mol. The van der Waals surface area contributed by atoms with Crippen molar-refractivity contribution >= 4 is 24.1 Å². The Morgan fingerprint density at radius 1 is 1.08 bits per heavy atom. The molecule has 0 spiro atoms. The van der Waals surface area contributed by atoms with Crippen molar-refractivity contribution in [2.75, 3.05) is 0 Å². The molecule has 0 N–H and O–H groups in total. The van der Waals surface area contributed by atoms with Gasteiger partial charge in [0.05, 0.1) is 12.2 Å². The van der Waals surface area contributed by atoms with E-state index in [0.717, 1.165) is 0 Å². The first-order chi connectivity index (χ1) is 5.39. The zero-order valence-electron chi connectivity index (χ0n) is 7.61. The van der Waals surface area contributed by atoms with Crippen molar-refractivity contribution in [1.29, 1.82) is 0 Å². The van der Waals surface area contributed by atoms with Gasteiger partial charge in [0.25, 0.3) is 0 Å². The van der Waals surface area contributed by atoms with Gasteiger partial charge in [-0.2, -0.15) is 0 Å². The topological polar surface area (TPSA) is 44.8 Å². The predicted molar refractivity (Wildman–Crippen MR) is 50.1 cm³/mol. The van der Waals surface area contributed by atoms with E-state index in [1.165, 1.54) is 0 Å². The third-order valence-electron chi connectivity index (χ3n) is 0.764. The van der Waals surface area contributed by atoms with Gasteiger partial charge in [-0.1, -0.05) is 0 Å². The quantitative estimate of drug-likeness (QED) is 0.712. The molecule has 0 aliphatic heterocycles. The van der Waals surface area contributed by atoms with Crippen molar-refractivity contribution in [2.45, 2.75) is 39.9 Å². The van der Waals surface area contributed by atoms with Crippen LogP contribution in [0.4, 0.5) is 0 Å². The highest BCUT2D eigenvalue weighted by Crippen LogP contribution is 2.53. The number of hydrogen-bond donors (Lipinski definition) is 0. The number of rotatable bonds is 5. The molecule has 0 fully saturated rings. The largest absolute Gasteiger partial charge is 0.486 e. The molecule has 0 bridgehead atoms. The van der Waals surface area contributed by atoms with Gasteiger partial charge in [0.15, 0.2) is 0 Å². The minimum Gasteiger partial charge on any atom is -0.284 e. The van der Waals surface area contributed by atoms with Gasteiger partial charge < -0.3 is 0 Å². The second kappa shape index (κ2) is 5.35. The fourth-order valence-corrected chi connectivity index (χ4v) is 2.13. The van der Waals surface area contributed by atoms with Crippen molar-refractivity contribution in [3.8, 4) is 0 Å². The third kappa shape index (κ3) is 5.27. The summed E-state index contributed by atoms with van der Waals surface area (Å²) in [6, 6.07) is 0. The molecule has 6 heteroatoms. The smallest absolute Gasteiger partial charge is 0.284 e. The van der Waals surface area contributed by atoms with Gasteiger partial charge in [0, 0.05) is 0 Å². The highest BCUT2D eigenvalue weighted by atomic mass is 79.9. The molecule has 0 aromatic carbocycles. The summed E-state index contributed by atoms with van der Waals surface area (Å²) in [7, 11) is -3.40. The van der Waals surface area contributed by atoms with Crippen LogP contribution in [0.25, 0.3) is 0 Å². The lowest BCUT2D eigenvalue weighted by molar-refractivity contribution is 0.110. The van der Waals surface area contributed by atoms with Gasteiger partial charge >= 0.3 is 7.82 Å². The number of hydrogen-bond acceptors (Lipinski definition) is 4. The number of phosphoric acid groups is 1. The Morgan fingerprint density at radius 3 is 1.58 bits per heavy atom. The van der Waals surface area contributed by atoms with E-state index in [2.05, 4.69) is 19.9 Å². The molecule has 74 valence electrons. The fourth-order valence-electron chi connectivity index (χ4n) is 0.574. The maximum Gasteiger partial charge on any atom is 0.486 e. The fraction of sp³-hybridized carbons (Fsp3) is 1.00. The third-order valence-corrected chi connectivity index (χ3v) is 3.36. The summed E-state index contributed by atoms with van der Waals surface area (Å²) in [5.74, 6) is 0. The maximum atomic E-state index is 11.5. The molecular formula is C6H14BrO4P. The van der Waals surface area contributed by atoms with Crippen LogP contribution in [0.1, 0.15) is 27.7 Å². The van der Waals surface area contributed by atoms with Gasteiger partial charge in [-0.25, -0.2) is 8.18 Å². The lowest BCUT2D eigenvalue weighted by atomic mass is 10.5. The zero-order chi connectivity index (χ0) is 9.78. The van der Waals surface area contributed by atoms with Crippen LogP contribution in [0, 0.1) is 0 Å². The molecule has 0 aliphatic rings. The molecule has 0 rings (SSSR count). The van der Waals surface area contributed by atoms with Crippen LogP contribution in [0.5, 0.6) is 0 Å². The van der Waals surface area contributed by atoms with Gasteiger partial charge in [-0.15, -0.1) is 0 Å². The van der Waals surface area contributed by atoms with Crippen LogP contribution in [0.2, 0.25) is 0 Å². The van der Waals surface area contributed by atoms with Crippen LogP contribution in [-0.4, -0.2) is 12.2 Å².